The van der Waals surface area contributed by atoms with E-state index in [2.05, 4.69) is 74.5 Å². The van der Waals surface area contributed by atoms with Crippen LogP contribution < -0.4 is 10.2 Å². The number of rotatable bonds is 13. The summed E-state index contributed by atoms with van der Waals surface area (Å²) in [7, 11) is -3.46. The van der Waals surface area contributed by atoms with Crippen molar-refractivity contribution in [2.45, 2.75) is 101 Å². The number of hydrogen-bond donors (Lipinski definition) is 1. The summed E-state index contributed by atoms with van der Waals surface area (Å²) in [6.07, 6.45) is 10.4. The number of benzene rings is 2. The van der Waals surface area contributed by atoms with E-state index in [0.29, 0.717) is 17.5 Å². The highest BCUT2D eigenvalue weighted by Gasteiger charge is 2.42. The number of hydrogen-bond acceptors (Lipinski definition) is 5. The molecule has 0 spiro atoms. The third kappa shape index (κ3) is 6.87. The molecule has 0 fully saturated rings. The third-order valence-electron chi connectivity index (χ3n) is 7.73. The van der Waals surface area contributed by atoms with E-state index in [1.165, 1.54) is 0 Å². The van der Waals surface area contributed by atoms with Gasteiger partial charge in [0.25, 0.3) is 0 Å². The summed E-state index contributed by atoms with van der Waals surface area (Å²) in [5, 5.41) is 3.65. The normalized spacial score (nSPS) is 16.7. The second-order valence-electron chi connectivity index (χ2n) is 10.4. The molecule has 3 rings (SSSR count). The number of nitrogens with zero attached hydrogens (tertiary/aromatic N) is 1. The molecule has 2 aromatic carbocycles. The van der Waals surface area contributed by atoms with Gasteiger partial charge in [-0.15, -0.1) is 11.8 Å². The van der Waals surface area contributed by atoms with Crippen LogP contribution >= 0.6 is 11.8 Å². The largest absolute Gasteiger partial charge is 0.340 e. The maximum atomic E-state index is 14.2. The van der Waals surface area contributed by atoms with Crippen molar-refractivity contribution in [3.8, 4) is 0 Å². The zero-order valence-electron chi connectivity index (χ0n) is 23.0. The van der Waals surface area contributed by atoms with Crippen LogP contribution in [0.1, 0.15) is 84.6 Å². The number of fused-ring (bicyclic) bond motifs is 1. The molecule has 0 unspecified atom stereocenters. The lowest BCUT2D eigenvalue weighted by atomic mass is 9.79. The van der Waals surface area contributed by atoms with E-state index in [1.54, 1.807) is 11.8 Å². The molecule has 2 aromatic rings. The zero-order chi connectivity index (χ0) is 26.2. The van der Waals surface area contributed by atoms with Gasteiger partial charge in [0.15, 0.2) is 9.84 Å². The van der Waals surface area contributed by atoms with E-state index >= 15 is 0 Å². The highest BCUT2D eigenvalue weighted by Crippen LogP contribution is 2.46. The summed E-state index contributed by atoms with van der Waals surface area (Å²) in [6.45, 7) is 10.2. The summed E-state index contributed by atoms with van der Waals surface area (Å²) in [6, 6.07) is 14.9. The van der Waals surface area contributed by atoms with Crippen molar-refractivity contribution >= 4 is 33.0 Å². The molecular formula is C30H46N2O2S2. The number of para-hydroxylation sites is 1. The van der Waals surface area contributed by atoms with Crippen LogP contribution in [0.4, 0.5) is 11.4 Å². The molecule has 1 aliphatic heterocycles. The Labute approximate surface area is 224 Å². The second kappa shape index (κ2) is 13.3. The standard InChI is InChI=1S/C30H46N2O2S2/c1-6-10-17-30(18-11-7-2)22-32(26-15-13-12-14-16-26)27-20-28(35-5)24(21-31-25(8-3)9-4)19-29(27)36(33,34)23-30/h12-16,19-20,25,31H,6-11,17-18,21-23H2,1-5H3. The highest BCUT2D eigenvalue weighted by molar-refractivity contribution is 7.98. The predicted octanol–water partition coefficient (Wildman–Crippen LogP) is 7.98. The van der Waals surface area contributed by atoms with Gasteiger partial charge in [0, 0.05) is 35.1 Å². The van der Waals surface area contributed by atoms with Gasteiger partial charge in [-0.2, -0.15) is 0 Å². The Morgan fingerprint density at radius 3 is 2.19 bits per heavy atom. The van der Waals surface area contributed by atoms with E-state index < -0.39 is 9.84 Å². The van der Waals surface area contributed by atoms with Crippen molar-refractivity contribution in [2.75, 3.05) is 23.5 Å². The first kappa shape index (κ1) is 29.1. The van der Waals surface area contributed by atoms with Crippen molar-refractivity contribution in [1.29, 1.82) is 0 Å². The molecule has 1 heterocycles. The molecule has 0 atom stereocenters. The van der Waals surface area contributed by atoms with Gasteiger partial charge >= 0.3 is 0 Å². The van der Waals surface area contributed by atoms with E-state index in [9.17, 15) is 8.42 Å². The lowest BCUT2D eigenvalue weighted by molar-refractivity contribution is 0.270. The zero-order valence-corrected chi connectivity index (χ0v) is 24.6. The summed E-state index contributed by atoms with van der Waals surface area (Å²) in [5.74, 6) is 0.231. The molecular weight excluding hydrogens is 484 g/mol. The lowest BCUT2D eigenvalue weighted by Gasteiger charge is -2.37. The summed E-state index contributed by atoms with van der Waals surface area (Å²) in [5.41, 5.74) is 2.74. The highest BCUT2D eigenvalue weighted by atomic mass is 32.2. The summed E-state index contributed by atoms with van der Waals surface area (Å²) in [4.78, 5) is 3.96. The van der Waals surface area contributed by atoms with Crippen LogP contribution in [0, 0.1) is 5.41 Å². The monoisotopic (exact) mass is 530 g/mol. The smallest absolute Gasteiger partial charge is 0.181 e. The van der Waals surface area contributed by atoms with E-state index in [1.807, 2.05) is 12.1 Å². The lowest BCUT2D eigenvalue weighted by Crippen LogP contribution is -2.38. The van der Waals surface area contributed by atoms with Gasteiger partial charge in [-0.1, -0.05) is 71.6 Å². The van der Waals surface area contributed by atoms with Gasteiger partial charge in [-0.25, -0.2) is 8.42 Å². The predicted molar refractivity (Wildman–Crippen MR) is 156 cm³/mol. The van der Waals surface area contributed by atoms with E-state index in [0.717, 1.165) is 79.7 Å². The Kier molecular flexibility index (Phi) is 10.8. The Hall–Kier alpha value is -1.50. The fourth-order valence-corrected chi connectivity index (χ4v) is 8.30. The Morgan fingerprint density at radius 1 is 1.00 bits per heavy atom. The van der Waals surface area contributed by atoms with Gasteiger partial charge in [0.05, 0.1) is 16.3 Å². The first-order chi connectivity index (χ1) is 17.3. The maximum absolute atomic E-state index is 14.2. The van der Waals surface area contributed by atoms with Gasteiger partial charge < -0.3 is 10.2 Å². The number of unbranched alkanes of at least 4 members (excludes halogenated alkanes) is 2. The molecule has 0 aromatic heterocycles. The minimum Gasteiger partial charge on any atom is -0.340 e. The molecule has 0 saturated heterocycles. The Morgan fingerprint density at radius 2 is 1.64 bits per heavy atom. The molecule has 4 nitrogen and oxygen atoms in total. The van der Waals surface area contributed by atoms with Crippen LogP contribution in [-0.2, 0) is 16.4 Å². The molecule has 6 heteroatoms. The number of anilines is 2. The molecule has 36 heavy (non-hydrogen) atoms. The van der Waals surface area contributed by atoms with Gasteiger partial charge in [0.1, 0.15) is 0 Å². The topological polar surface area (TPSA) is 49.4 Å². The van der Waals surface area contributed by atoms with Gasteiger partial charge in [-0.05, 0) is 61.8 Å². The van der Waals surface area contributed by atoms with E-state index in [-0.39, 0.29) is 11.2 Å². The maximum Gasteiger partial charge on any atom is 0.181 e. The number of sulfone groups is 1. The molecule has 0 radical (unpaired) electrons. The summed E-state index contributed by atoms with van der Waals surface area (Å²) < 4.78 is 28.3. The van der Waals surface area contributed by atoms with Crippen molar-refractivity contribution < 1.29 is 8.42 Å². The van der Waals surface area contributed by atoms with Crippen LogP contribution in [0.15, 0.2) is 52.3 Å². The SMILES string of the molecule is CCCCC1(CCCC)CN(c2ccccc2)c2cc(SC)c(CNC(CC)CC)cc2S(=O)(=O)C1. The van der Waals surface area contributed by atoms with Crippen LogP contribution in [0.25, 0.3) is 0 Å². The van der Waals surface area contributed by atoms with Crippen molar-refractivity contribution in [3.05, 3.63) is 48.0 Å². The van der Waals surface area contributed by atoms with Crippen LogP contribution in [0.2, 0.25) is 0 Å². The minimum atomic E-state index is -3.46. The fraction of sp³-hybridized carbons (Fsp3) is 0.600. The van der Waals surface area contributed by atoms with Crippen LogP contribution in [-0.4, -0.2) is 33.0 Å². The average molecular weight is 531 g/mol. The van der Waals surface area contributed by atoms with Gasteiger partial charge in [-0.3, -0.25) is 0 Å². The Balaban J connectivity index is 2.18. The molecule has 0 bridgehead atoms. The molecule has 200 valence electrons. The second-order valence-corrected chi connectivity index (χ2v) is 13.2. The number of thioether (sulfide) groups is 1. The molecule has 1 aliphatic rings. The molecule has 1 N–H and O–H groups in total. The van der Waals surface area contributed by atoms with Crippen molar-refractivity contribution in [1.82, 2.24) is 5.32 Å². The average Bonchev–Trinajstić information content (AvgIpc) is 2.98. The van der Waals surface area contributed by atoms with Crippen LogP contribution in [0.3, 0.4) is 0 Å². The van der Waals surface area contributed by atoms with Gasteiger partial charge in [0.2, 0.25) is 0 Å². The molecule has 0 aliphatic carbocycles. The Bertz CT molecular complexity index is 1060. The number of nitrogens with one attached hydrogen (secondary N) is 1. The first-order valence-corrected chi connectivity index (χ1v) is 16.7. The van der Waals surface area contributed by atoms with Crippen LogP contribution in [0.5, 0.6) is 0 Å². The minimum absolute atomic E-state index is 0.231. The third-order valence-corrected chi connectivity index (χ3v) is 10.5. The summed E-state index contributed by atoms with van der Waals surface area (Å²) >= 11 is 1.71. The first-order valence-electron chi connectivity index (χ1n) is 13.8. The van der Waals surface area contributed by atoms with E-state index in [4.69, 9.17) is 0 Å². The van der Waals surface area contributed by atoms with Crippen molar-refractivity contribution in [3.63, 3.8) is 0 Å². The molecule has 0 saturated carbocycles. The fourth-order valence-electron chi connectivity index (χ4n) is 5.53. The molecule has 0 amide bonds. The van der Waals surface area contributed by atoms with Crippen molar-refractivity contribution in [2.24, 2.45) is 5.41 Å². The quantitative estimate of drug-likeness (QED) is 0.266.